The zero-order valence-electron chi connectivity index (χ0n) is 18.1. The summed E-state index contributed by atoms with van der Waals surface area (Å²) in [7, 11) is 1.53. The lowest BCUT2D eigenvalue weighted by Gasteiger charge is -2.45. The normalized spacial score (nSPS) is 25.1. The van der Waals surface area contributed by atoms with Crippen molar-refractivity contribution in [3.8, 4) is 5.75 Å². The van der Waals surface area contributed by atoms with Crippen LogP contribution in [0.3, 0.4) is 0 Å². The van der Waals surface area contributed by atoms with Crippen LogP contribution in [-0.2, 0) is 38.1 Å². The number of rotatable bonds is 7. The summed E-state index contributed by atoms with van der Waals surface area (Å²) in [4.78, 5) is 46.9. The highest BCUT2D eigenvalue weighted by atomic mass is 16.6. The van der Waals surface area contributed by atoms with Crippen molar-refractivity contribution in [2.45, 2.75) is 58.2 Å². The molecule has 10 nitrogen and oxygen atoms in total. The van der Waals surface area contributed by atoms with Crippen LogP contribution in [-0.4, -0.2) is 61.9 Å². The van der Waals surface area contributed by atoms with Crippen LogP contribution >= 0.6 is 0 Å². The van der Waals surface area contributed by atoms with Gasteiger partial charge in [0.2, 0.25) is 5.91 Å². The molecule has 31 heavy (non-hydrogen) atoms. The van der Waals surface area contributed by atoms with Gasteiger partial charge in [-0.05, 0) is 17.7 Å². The molecule has 2 rings (SSSR count). The summed E-state index contributed by atoms with van der Waals surface area (Å²) in [5.41, 5.74) is 0.644. The summed E-state index contributed by atoms with van der Waals surface area (Å²) in [5, 5.41) is 2.73. The summed E-state index contributed by atoms with van der Waals surface area (Å²) in [6, 6.07) is 6.01. The van der Waals surface area contributed by atoms with Crippen LogP contribution in [0, 0.1) is 0 Å². The van der Waals surface area contributed by atoms with Gasteiger partial charge < -0.3 is 29.0 Å². The van der Waals surface area contributed by atoms with E-state index in [-0.39, 0.29) is 6.61 Å². The van der Waals surface area contributed by atoms with Gasteiger partial charge in [-0.3, -0.25) is 19.2 Å². The molecule has 0 radical (unpaired) electrons. The molecule has 1 heterocycles. The topological polar surface area (TPSA) is 126 Å². The maximum absolute atomic E-state index is 11.9. The molecule has 170 valence electrons. The molecule has 0 saturated carbocycles. The number of hydrogen-bond acceptors (Lipinski definition) is 9. The minimum absolute atomic E-state index is 0.246. The van der Waals surface area contributed by atoms with Gasteiger partial charge >= 0.3 is 17.9 Å². The lowest BCUT2D eigenvalue weighted by Crippen LogP contribution is -2.63. The standard InChI is InChI=1S/C21H27NO9/c1-11(23)22-18-19(15-6-8-16(27-5)9-7-15)31-17(10-28-12(2)24)20(29-13(3)25)21(18)30-14(4)26/h6-9,17-21H,10H2,1-5H3,(H,22,23)/t17-,18+,19+,20-,21-/m1/s1. The Morgan fingerprint density at radius 3 is 1.97 bits per heavy atom. The summed E-state index contributed by atoms with van der Waals surface area (Å²) in [6.07, 6.45) is -3.96. The zero-order chi connectivity index (χ0) is 23.1. The van der Waals surface area contributed by atoms with Crippen molar-refractivity contribution in [1.82, 2.24) is 5.32 Å². The van der Waals surface area contributed by atoms with Crippen LogP contribution in [0.25, 0.3) is 0 Å². The second-order valence-electron chi connectivity index (χ2n) is 7.05. The van der Waals surface area contributed by atoms with E-state index in [4.69, 9.17) is 23.7 Å². The molecule has 1 fully saturated rings. The van der Waals surface area contributed by atoms with Crippen molar-refractivity contribution in [2.24, 2.45) is 0 Å². The Bertz CT molecular complexity index is 808. The van der Waals surface area contributed by atoms with Crippen LogP contribution < -0.4 is 10.1 Å². The van der Waals surface area contributed by atoms with Crippen LogP contribution in [0.4, 0.5) is 0 Å². The first-order chi connectivity index (χ1) is 14.6. The fraction of sp³-hybridized carbons (Fsp3) is 0.524. The highest BCUT2D eigenvalue weighted by Gasteiger charge is 2.51. The first-order valence-corrected chi connectivity index (χ1v) is 9.66. The van der Waals surface area contributed by atoms with E-state index in [1.807, 2.05) is 0 Å². The molecule has 1 aliphatic rings. The van der Waals surface area contributed by atoms with Crippen molar-refractivity contribution in [3.63, 3.8) is 0 Å². The molecule has 10 heteroatoms. The zero-order valence-corrected chi connectivity index (χ0v) is 18.1. The maximum Gasteiger partial charge on any atom is 0.303 e. The average Bonchev–Trinajstić information content (AvgIpc) is 2.68. The minimum Gasteiger partial charge on any atom is -0.497 e. The molecular weight excluding hydrogens is 410 g/mol. The van der Waals surface area contributed by atoms with Crippen molar-refractivity contribution >= 4 is 23.8 Å². The second-order valence-corrected chi connectivity index (χ2v) is 7.05. The first kappa shape index (κ1) is 24.1. The third-order valence-electron chi connectivity index (χ3n) is 4.56. The molecular formula is C21H27NO9. The Kier molecular flexibility index (Phi) is 8.38. The third-order valence-corrected chi connectivity index (χ3v) is 4.56. The lowest BCUT2D eigenvalue weighted by molar-refractivity contribution is -0.225. The summed E-state index contributed by atoms with van der Waals surface area (Å²) < 4.78 is 27.2. The second kappa shape index (κ2) is 10.8. The van der Waals surface area contributed by atoms with E-state index in [1.165, 1.54) is 34.8 Å². The number of methoxy groups -OCH3 is 1. The molecule has 1 saturated heterocycles. The predicted octanol–water partition coefficient (Wildman–Crippen LogP) is 1.07. The molecule has 0 bridgehead atoms. The number of amides is 1. The number of benzene rings is 1. The molecule has 0 aromatic heterocycles. The van der Waals surface area contributed by atoms with Crippen LogP contribution in [0.15, 0.2) is 24.3 Å². The number of hydrogen-bond donors (Lipinski definition) is 1. The highest BCUT2D eigenvalue weighted by Crippen LogP contribution is 2.36. The van der Waals surface area contributed by atoms with E-state index in [0.29, 0.717) is 11.3 Å². The molecule has 1 aliphatic heterocycles. The van der Waals surface area contributed by atoms with Gasteiger partial charge in [-0.15, -0.1) is 0 Å². The van der Waals surface area contributed by atoms with E-state index < -0.39 is 54.3 Å². The Morgan fingerprint density at radius 1 is 0.903 bits per heavy atom. The fourth-order valence-electron chi connectivity index (χ4n) is 3.41. The molecule has 1 aromatic rings. The Hall–Kier alpha value is -3.14. The van der Waals surface area contributed by atoms with Crippen molar-refractivity contribution in [2.75, 3.05) is 13.7 Å². The maximum atomic E-state index is 11.9. The van der Waals surface area contributed by atoms with E-state index in [1.54, 1.807) is 24.3 Å². The smallest absolute Gasteiger partial charge is 0.303 e. The molecule has 0 aliphatic carbocycles. The van der Waals surface area contributed by atoms with Gasteiger partial charge in [0.05, 0.1) is 13.2 Å². The van der Waals surface area contributed by atoms with Crippen LogP contribution in [0.5, 0.6) is 5.75 Å². The van der Waals surface area contributed by atoms with E-state index >= 15 is 0 Å². The van der Waals surface area contributed by atoms with Gasteiger partial charge in [0.25, 0.3) is 0 Å². The fourth-order valence-corrected chi connectivity index (χ4v) is 3.41. The van der Waals surface area contributed by atoms with Crippen molar-refractivity contribution in [1.29, 1.82) is 0 Å². The number of carbonyl (C=O) groups is 4. The molecule has 0 spiro atoms. The van der Waals surface area contributed by atoms with E-state index in [9.17, 15) is 19.2 Å². The molecule has 5 atom stereocenters. The number of ether oxygens (including phenoxy) is 5. The monoisotopic (exact) mass is 437 g/mol. The van der Waals surface area contributed by atoms with E-state index in [2.05, 4.69) is 5.32 Å². The highest BCUT2D eigenvalue weighted by molar-refractivity contribution is 5.74. The number of carbonyl (C=O) groups excluding carboxylic acids is 4. The van der Waals surface area contributed by atoms with Gasteiger partial charge in [-0.1, -0.05) is 12.1 Å². The molecule has 1 aromatic carbocycles. The Morgan fingerprint density at radius 2 is 1.48 bits per heavy atom. The average molecular weight is 437 g/mol. The first-order valence-electron chi connectivity index (χ1n) is 9.66. The summed E-state index contributed by atoms with van der Waals surface area (Å²) >= 11 is 0. The Labute approximate surface area is 180 Å². The molecule has 1 N–H and O–H groups in total. The molecule has 1 amide bonds. The van der Waals surface area contributed by atoms with Gasteiger partial charge in [0.1, 0.15) is 24.6 Å². The predicted molar refractivity (Wildman–Crippen MR) is 106 cm³/mol. The number of nitrogens with one attached hydrogen (secondary N) is 1. The van der Waals surface area contributed by atoms with Gasteiger partial charge in [-0.25, -0.2) is 0 Å². The number of esters is 3. The van der Waals surface area contributed by atoms with Crippen LogP contribution in [0.2, 0.25) is 0 Å². The minimum atomic E-state index is -1.12. The van der Waals surface area contributed by atoms with Gasteiger partial charge in [-0.2, -0.15) is 0 Å². The van der Waals surface area contributed by atoms with Gasteiger partial charge in [0, 0.05) is 27.7 Å². The van der Waals surface area contributed by atoms with Crippen molar-refractivity contribution in [3.05, 3.63) is 29.8 Å². The van der Waals surface area contributed by atoms with E-state index in [0.717, 1.165) is 0 Å². The molecule has 0 unspecified atom stereocenters. The Balaban J connectivity index is 2.51. The van der Waals surface area contributed by atoms with Crippen molar-refractivity contribution < 1.29 is 42.9 Å². The third kappa shape index (κ3) is 6.68. The summed E-state index contributed by atoms with van der Waals surface area (Å²) in [5.74, 6) is -1.63. The van der Waals surface area contributed by atoms with Gasteiger partial charge in [0.15, 0.2) is 12.2 Å². The quantitative estimate of drug-likeness (QED) is 0.492. The lowest BCUT2D eigenvalue weighted by atomic mass is 9.88. The summed E-state index contributed by atoms with van der Waals surface area (Å²) in [6.45, 7) is 4.69. The van der Waals surface area contributed by atoms with Crippen LogP contribution in [0.1, 0.15) is 39.4 Å². The largest absolute Gasteiger partial charge is 0.497 e. The SMILES string of the molecule is COc1ccc([C@@H]2O[C@H](COC(C)=O)[C@@H](OC(C)=O)[C@H](OC(C)=O)[C@H]2NC(C)=O)cc1.